The van der Waals surface area contributed by atoms with E-state index in [0.29, 0.717) is 24.5 Å². The lowest BCUT2D eigenvalue weighted by atomic mass is 9.64. The zero-order valence-corrected chi connectivity index (χ0v) is 13.9. The van der Waals surface area contributed by atoms with Crippen LogP contribution in [0.3, 0.4) is 0 Å². The first-order chi connectivity index (χ1) is 11.1. The first-order valence-corrected chi connectivity index (χ1v) is 8.30. The number of ether oxygens (including phenoxy) is 1. The van der Waals surface area contributed by atoms with Gasteiger partial charge in [0, 0.05) is 29.2 Å². The summed E-state index contributed by atoms with van der Waals surface area (Å²) in [5, 5.41) is 0.609. The van der Waals surface area contributed by atoms with Gasteiger partial charge >= 0.3 is 5.97 Å². The van der Waals surface area contributed by atoms with Crippen molar-refractivity contribution in [1.29, 1.82) is 0 Å². The van der Waals surface area contributed by atoms with E-state index in [9.17, 15) is 14.4 Å². The first-order valence-electron chi connectivity index (χ1n) is 7.92. The van der Waals surface area contributed by atoms with E-state index in [-0.39, 0.29) is 36.1 Å². The molecule has 1 aliphatic carbocycles. The van der Waals surface area contributed by atoms with Crippen LogP contribution in [0, 0.1) is 17.8 Å². The highest BCUT2D eigenvalue weighted by atomic mass is 35.5. The molecule has 1 saturated carbocycles. The van der Waals surface area contributed by atoms with Crippen molar-refractivity contribution >= 4 is 30.1 Å². The Morgan fingerprint density at radius 1 is 1.22 bits per heavy atom. The van der Waals surface area contributed by atoms with Crippen LogP contribution in [0.2, 0.25) is 5.02 Å². The minimum atomic E-state index is -0.371. The fourth-order valence-corrected chi connectivity index (χ4v) is 3.66. The fourth-order valence-electron chi connectivity index (χ4n) is 3.53. The number of benzene rings is 1. The summed E-state index contributed by atoms with van der Waals surface area (Å²) in [6, 6.07) is 7.23. The molecule has 0 aliphatic heterocycles. The standard InChI is InChI=1S/C18H21ClO4/c1-2-23-17(22)9-13-3-4-14(10-20)18(16(13)11-21)12-5-7-15(19)8-6-12/h5-8,10-11,13-14,16,18H,2-4,9H2,1H3/t13-,14-,16-,18-/m0/s1. The van der Waals surface area contributed by atoms with Gasteiger partial charge in [-0.25, -0.2) is 0 Å². The number of carbonyl (C=O) groups excluding carboxylic acids is 3. The third-order valence-corrected chi connectivity index (χ3v) is 4.86. The summed E-state index contributed by atoms with van der Waals surface area (Å²) in [5.41, 5.74) is 0.914. The van der Waals surface area contributed by atoms with Crippen molar-refractivity contribution in [3.63, 3.8) is 0 Å². The van der Waals surface area contributed by atoms with E-state index >= 15 is 0 Å². The molecule has 4 atom stereocenters. The molecule has 1 aromatic carbocycles. The number of halogens is 1. The van der Waals surface area contributed by atoms with Gasteiger partial charge in [-0.15, -0.1) is 0 Å². The second-order valence-corrected chi connectivity index (χ2v) is 6.37. The Kier molecular flexibility index (Phi) is 6.34. The largest absolute Gasteiger partial charge is 0.466 e. The average molecular weight is 337 g/mol. The number of aldehydes is 2. The molecule has 4 nitrogen and oxygen atoms in total. The van der Waals surface area contributed by atoms with Crippen molar-refractivity contribution in [3.05, 3.63) is 34.9 Å². The van der Waals surface area contributed by atoms with Crippen LogP contribution in [0.25, 0.3) is 0 Å². The summed E-state index contributed by atoms with van der Waals surface area (Å²) in [7, 11) is 0. The molecule has 124 valence electrons. The Hall–Kier alpha value is -1.68. The van der Waals surface area contributed by atoms with Gasteiger partial charge in [0.05, 0.1) is 6.61 Å². The second-order valence-electron chi connectivity index (χ2n) is 5.94. The molecular weight excluding hydrogens is 316 g/mol. The van der Waals surface area contributed by atoms with E-state index in [0.717, 1.165) is 18.1 Å². The number of hydrogen-bond acceptors (Lipinski definition) is 4. The molecule has 5 heteroatoms. The monoisotopic (exact) mass is 336 g/mol. The van der Waals surface area contributed by atoms with E-state index in [1.807, 2.05) is 12.1 Å². The Bertz CT molecular complexity index is 555. The van der Waals surface area contributed by atoms with Crippen LogP contribution in [0.15, 0.2) is 24.3 Å². The molecule has 1 fully saturated rings. The molecule has 2 rings (SSSR count). The maximum atomic E-state index is 11.8. The third kappa shape index (κ3) is 4.20. The van der Waals surface area contributed by atoms with Crippen molar-refractivity contribution in [2.24, 2.45) is 17.8 Å². The third-order valence-electron chi connectivity index (χ3n) is 4.61. The highest BCUT2D eigenvalue weighted by molar-refractivity contribution is 6.30. The molecule has 1 aromatic rings. The van der Waals surface area contributed by atoms with Crippen LogP contribution < -0.4 is 0 Å². The van der Waals surface area contributed by atoms with Crippen molar-refractivity contribution in [1.82, 2.24) is 0 Å². The minimum absolute atomic E-state index is 0.0940. The van der Waals surface area contributed by atoms with E-state index in [1.165, 1.54) is 0 Å². The second kappa shape index (κ2) is 8.25. The molecule has 0 bridgehead atoms. The highest BCUT2D eigenvalue weighted by Crippen LogP contribution is 2.44. The van der Waals surface area contributed by atoms with Gasteiger partial charge in [-0.3, -0.25) is 4.79 Å². The van der Waals surface area contributed by atoms with Crippen molar-refractivity contribution in [2.45, 2.75) is 32.1 Å². The predicted molar refractivity (Wildman–Crippen MR) is 87.3 cm³/mol. The van der Waals surface area contributed by atoms with Gasteiger partial charge in [0.15, 0.2) is 0 Å². The van der Waals surface area contributed by atoms with E-state index in [2.05, 4.69) is 0 Å². The minimum Gasteiger partial charge on any atom is -0.466 e. The maximum absolute atomic E-state index is 11.8. The predicted octanol–water partition coefficient (Wildman–Crippen LogP) is 3.42. The van der Waals surface area contributed by atoms with Gasteiger partial charge in [-0.05, 0) is 43.4 Å². The van der Waals surface area contributed by atoms with Crippen LogP contribution >= 0.6 is 11.6 Å². The van der Waals surface area contributed by atoms with Crippen LogP contribution in [0.5, 0.6) is 0 Å². The van der Waals surface area contributed by atoms with Gasteiger partial charge in [-0.1, -0.05) is 23.7 Å². The summed E-state index contributed by atoms with van der Waals surface area (Å²) in [6.45, 7) is 2.09. The molecule has 0 radical (unpaired) electrons. The summed E-state index contributed by atoms with van der Waals surface area (Å²) in [6.07, 6.45) is 3.38. The highest BCUT2D eigenvalue weighted by Gasteiger charge is 2.41. The van der Waals surface area contributed by atoms with Crippen molar-refractivity contribution in [3.8, 4) is 0 Å². The molecule has 0 aromatic heterocycles. The topological polar surface area (TPSA) is 60.4 Å². The molecule has 0 unspecified atom stereocenters. The lowest BCUT2D eigenvalue weighted by molar-refractivity contribution is -0.145. The summed E-state index contributed by atoms with van der Waals surface area (Å²) < 4.78 is 5.01. The Balaban J connectivity index is 2.26. The van der Waals surface area contributed by atoms with E-state index < -0.39 is 0 Å². The van der Waals surface area contributed by atoms with E-state index in [1.54, 1.807) is 19.1 Å². The van der Waals surface area contributed by atoms with Gasteiger partial charge in [0.1, 0.15) is 12.6 Å². The molecule has 0 spiro atoms. The molecule has 0 heterocycles. The number of carbonyl (C=O) groups is 3. The SMILES string of the molecule is CCOC(=O)C[C@@H]1CC[C@@H](C=O)[C@H](c2ccc(Cl)cc2)[C@H]1C=O. The summed E-state index contributed by atoms with van der Waals surface area (Å²) in [5.74, 6) is -1.18. The zero-order valence-electron chi connectivity index (χ0n) is 13.1. The normalized spacial score (nSPS) is 27.2. The Morgan fingerprint density at radius 3 is 2.48 bits per heavy atom. The number of rotatable bonds is 6. The van der Waals surface area contributed by atoms with Crippen molar-refractivity contribution in [2.75, 3.05) is 6.61 Å². The molecule has 0 amide bonds. The van der Waals surface area contributed by atoms with Gasteiger partial charge in [-0.2, -0.15) is 0 Å². The zero-order chi connectivity index (χ0) is 16.8. The van der Waals surface area contributed by atoms with Gasteiger partial charge in [0.25, 0.3) is 0 Å². The van der Waals surface area contributed by atoms with Crippen LogP contribution in [0.4, 0.5) is 0 Å². The fraction of sp³-hybridized carbons (Fsp3) is 0.500. The maximum Gasteiger partial charge on any atom is 0.306 e. The quantitative estimate of drug-likeness (QED) is 0.590. The molecule has 1 aliphatic rings. The molecular formula is C18H21ClO4. The number of hydrogen-bond donors (Lipinski definition) is 0. The smallest absolute Gasteiger partial charge is 0.306 e. The summed E-state index contributed by atoms with van der Waals surface area (Å²) in [4.78, 5) is 35.0. The first kappa shape index (κ1) is 17.7. The molecule has 0 N–H and O–H groups in total. The van der Waals surface area contributed by atoms with Crippen LogP contribution in [0.1, 0.15) is 37.7 Å². The Labute approximate surface area is 141 Å². The summed E-state index contributed by atoms with van der Waals surface area (Å²) >= 11 is 5.92. The molecule has 0 saturated heterocycles. The van der Waals surface area contributed by atoms with Crippen molar-refractivity contribution < 1.29 is 19.1 Å². The van der Waals surface area contributed by atoms with Gasteiger partial charge < -0.3 is 14.3 Å². The van der Waals surface area contributed by atoms with Crippen LogP contribution in [-0.4, -0.2) is 25.1 Å². The number of esters is 1. The average Bonchev–Trinajstić information content (AvgIpc) is 2.55. The van der Waals surface area contributed by atoms with E-state index in [4.69, 9.17) is 16.3 Å². The Morgan fingerprint density at radius 2 is 1.91 bits per heavy atom. The van der Waals surface area contributed by atoms with Crippen LogP contribution in [-0.2, 0) is 19.1 Å². The lowest BCUT2D eigenvalue weighted by Gasteiger charge is -2.38. The lowest BCUT2D eigenvalue weighted by Crippen LogP contribution is -2.36. The molecule has 23 heavy (non-hydrogen) atoms. The van der Waals surface area contributed by atoms with Gasteiger partial charge in [0.2, 0.25) is 0 Å².